The van der Waals surface area contributed by atoms with Gasteiger partial charge in [0.25, 0.3) is 0 Å². The highest BCUT2D eigenvalue weighted by atomic mass is 79.9. The highest BCUT2D eigenvalue weighted by molar-refractivity contribution is 9.09. The van der Waals surface area contributed by atoms with Crippen LogP contribution in [0.1, 0.15) is 22.9 Å². The molecule has 0 saturated heterocycles. The van der Waals surface area contributed by atoms with E-state index in [2.05, 4.69) is 57.7 Å². The second-order valence-corrected chi connectivity index (χ2v) is 6.38. The van der Waals surface area contributed by atoms with Crippen molar-refractivity contribution in [1.29, 1.82) is 0 Å². The first-order chi connectivity index (χ1) is 9.79. The first-order valence-electron chi connectivity index (χ1n) is 6.62. The van der Waals surface area contributed by atoms with Crippen molar-refractivity contribution in [2.75, 3.05) is 6.61 Å². The number of fused-ring (bicyclic) bond motifs is 1. The van der Waals surface area contributed by atoms with E-state index in [1.54, 1.807) is 11.3 Å². The molecule has 20 heavy (non-hydrogen) atoms. The molecular formula is C17H15BrOS. The molecule has 0 aliphatic heterocycles. The average molecular weight is 347 g/mol. The third-order valence-electron chi connectivity index (χ3n) is 3.27. The van der Waals surface area contributed by atoms with E-state index in [0.29, 0.717) is 6.61 Å². The van der Waals surface area contributed by atoms with Crippen LogP contribution in [0.3, 0.4) is 0 Å². The maximum Gasteiger partial charge on any atom is 0.119 e. The Morgan fingerprint density at radius 2 is 1.85 bits per heavy atom. The topological polar surface area (TPSA) is 9.23 Å². The van der Waals surface area contributed by atoms with E-state index in [-0.39, 0.29) is 4.83 Å². The molecule has 1 unspecified atom stereocenters. The summed E-state index contributed by atoms with van der Waals surface area (Å²) < 4.78 is 6.82. The van der Waals surface area contributed by atoms with Gasteiger partial charge in [0.15, 0.2) is 0 Å². The maximum atomic E-state index is 5.49. The van der Waals surface area contributed by atoms with Crippen LogP contribution >= 0.6 is 27.3 Å². The van der Waals surface area contributed by atoms with E-state index in [1.165, 1.54) is 21.2 Å². The van der Waals surface area contributed by atoms with Crippen molar-refractivity contribution in [1.82, 2.24) is 0 Å². The number of hydrogen-bond acceptors (Lipinski definition) is 2. The number of benzene rings is 2. The standard InChI is InChI=1S/C17H15BrOS/c1-2-19-13-9-7-12(8-10-13)17(18)15-11-20-16-6-4-3-5-14(15)16/h3-11,17H,2H2,1H3. The molecule has 0 aliphatic rings. The fraction of sp³-hybridized carbons (Fsp3) is 0.176. The summed E-state index contributed by atoms with van der Waals surface area (Å²) in [4.78, 5) is 0.217. The fourth-order valence-corrected chi connectivity index (χ4v) is 4.12. The van der Waals surface area contributed by atoms with Gasteiger partial charge in [-0.3, -0.25) is 0 Å². The molecule has 1 atom stereocenters. The van der Waals surface area contributed by atoms with Crippen LogP contribution in [-0.2, 0) is 0 Å². The Morgan fingerprint density at radius 1 is 1.10 bits per heavy atom. The molecule has 1 aromatic heterocycles. The van der Waals surface area contributed by atoms with Crippen molar-refractivity contribution < 1.29 is 4.74 Å². The monoisotopic (exact) mass is 346 g/mol. The smallest absolute Gasteiger partial charge is 0.119 e. The summed E-state index contributed by atoms with van der Waals surface area (Å²) in [5.41, 5.74) is 2.58. The molecule has 0 saturated carbocycles. The first kappa shape index (κ1) is 13.7. The van der Waals surface area contributed by atoms with Crippen molar-refractivity contribution in [2.45, 2.75) is 11.8 Å². The third kappa shape index (κ3) is 2.60. The van der Waals surface area contributed by atoms with Crippen molar-refractivity contribution in [3.8, 4) is 5.75 Å². The van der Waals surface area contributed by atoms with Crippen LogP contribution in [0.2, 0.25) is 0 Å². The van der Waals surface area contributed by atoms with Gasteiger partial charge in [-0.2, -0.15) is 0 Å². The Kier molecular flexibility index (Phi) is 4.08. The van der Waals surface area contributed by atoms with Gasteiger partial charge in [0.1, 0.15) is 5.75 Å². The van der Waals surface area contributed by atoms with Gasteiger partial charge in [-0.15, -0.1) is 11.3 Å². The minimum absolute atomic E-state index is 0.217. The van der Waals surface area contributed by atoms with Crippen LogP contribution < -0.4 is 4.74 Å². The predicted molar refractivity (Wildman–Crippen MR) is 90.2 cm³/mol. The van der Waals surface area contributed by atoms with Crippen molar-refractivity contribution in [2.24, 2.45) is 0 Å². The largest absolute Gasteiger partial charge is 0.494 e. The molecule has 0 fully saturated rings. The minimum atomic E-state index is 0.217. The summed E-state index contributed by atoms with van der Waals surface area (Å²) in [7, 11) is 0. The molecule has 3 rings (SSSR count). The Bertz CT molecular complexity index is 702. The van der Waals surface area contributed by atoms with Gasteiger partial charge in [0.2, 0.25) is 0 Å². The van der Waals surface area contributed by atoms with Crippen LogP contribution in [0.25, 0.3) is 10.1 Å². The van der Waals surface area contributed by atoms with Crippen molar-refractivity contribution in [3.63, 3.8) is 0 Å². The SMILES string of the molecule is CCOc1ccc(C(Br)c2csc3ccccc23)cc1. The summed E-state index contributed by atoms with van der Waals surface area (Å²) in [6, 6.07) is 16.8. The molecule has 3 aromatic rings. The van der Waals surface area contributed by atoms with Gasteiger partial charge in [0.05, 0.1) is 11.4 Å². The molecule has 1 heterocycles. The van der Waals surface area contributed by atoms with Gasteiger partial charge in [-0.25, -0.2) is 0 Å². The lowest BCUT2D eigenvalue weighted by Crippen LogP contribution is -1.94. The molecular weight excluding hydrogens is 332 g/mol. The van der Waals surface area contributed by atoms with Gasteiger partial charge >= 0.3 is 0 Å². The average Bonchev–Trinajstić information content (AvgIpc) is 2.92. The molecule has 1 nitrogen and oxygen atoms in total. The first-order valence-corrected chi connectivity index (χ1v) is 8.42. The summed E-state index contributed by atoms with van der Waals surface area (Å²) in [6.45, 7) is 2.70. The van der Waals surface area contributed by atoms with Crippen LogP contribution in [-0.4, -0.2) is 6.61 Å². The van der Waals surface area contributed by atoms with E-state index in [0.717, 1.165) is 5.75 Å². The quantitative estimate of drug-likeness (QED) is 0.543. The third-order valence-corrected chi connectivity index (χ3v) is 5.27. The zero-order chi connectivity index (χ0) is 13.9. The second-order valence-electron chi connectivity index (χ2n) is 4.55. The highest BCUT2D eigenvalue weighted by Gasteiger charge is 2.14. The van der Waals surface area contributed by atoms with E-state index in [9.17, 15) is 0 Å². The molecule has 0 amide bonds. The van der Waals surface area contributed by atoms with Crippen molar-refractivity contribution >= 4 is 37.4 Å². The van der Waals surface area contributed by atoms with Crippen molar-refractivity contribution in [3.05, 3.63) is 65.0 Å². The second kappa shape index (κ2) is 5.98. The predicted octanol–water partition coefficient (Wildman–Crippen LogP) is 5.78. The molecule has 3 heteroatoms. The maximum absolute atomic E-state index is 5.49. The highest BCUT2D eigenvalue weighted by Crippen LogP contribution is 2.38. The number of alkyl halides is 1. The summed E-state index contributed by atoms with van der Waals surface area (Å²) in [5.74, 6) is 0.922. The zero-order valence-electron chi connectivity index (χ0n) is 11.2. The van der Waals surface area contributed by atoms with Crippen LogP contribution in [0.4, 0.5) is 0 Å². The Balaban J connectivity index is 1.93. The Hall–Kier alpha value is -1.32. The van der Waals surface area contributed by atoms with Crippen LogP contribution in [0, 0.1) is 0 Å². The zero-order valence-corrected chi connectivity index (χ0v) is 13.6. The van der Waals surface area contributed by atoms with Gasteiger partial charge in [-0.1, -0.05) is 46.3 Å². The normalized spacial score (nSPS) is 12.5. The van der Waals surface area contributed by atoms with Gasteiger partial charge < -0.3 is 4.74 Å². The molecule has 0 radical (unpaired) electrons. The lowest BCUT2D eigenvalue weighted by molar-refractivity contribution is 0.340. The summed E-state index contributed by atoms with van der Waals surface area (Å²) in [5, 5.41) is 3.56. The summed E-state index contributed by atoms with van der Waals surface area (Å²) >= 11 is 5.62. The molecule has 0 spiro atoms. The lowest BCUT2D eigenvalue weighted by atomic mass is 10.0. The number of hydrogen-bond donors (Lipinski definition) is 0. The van der Waals surface area contributed by atoms with Crippen LogP contribution in [0.5, 0.6) is 5.75 Å². The Labute approximate surface area is 131 Å². The number of thiophene rings is 1. The van der Waals surface area contributed by atoms with Gasteiger partial charge in [0, 0.05) is 4.70 Å². The lowest BCUT2D eigenvalue weighted by Gasteiger charge is -2.11. The van der Waals surface area contributed by atoms with E-state index < -0.39 is 0 Å². The number of halogens is 1. The molecule has 2 aromatic carbocycles. The van der Waals surface area contributed by atoms with Gasteiger partial charge in [-0.05, 0) is 47.0 Å². The molecule has 0 bridgehead atoms. The van der Waals surface area contributed by atoms with E-state index >= 15 is 0 Å². The molecule has 0 aliphatic carbocycles. The number of ether oxygens (including phenoxy) is 1. The van der Waals surface area contributed by atoms with E-state index in [4.69, 9.17) is 4.74 Å². The molecule has 102 valence electrons. The minimum Gasteiger partial charge on any atom is -0.494 e. The van der Waals surface area contributed by atoms with E-state index in [1.807, 2.05) is 19.1 Å². The molecule has 0 N–H and O–H groups in total. The Morgan fingerprint density at radius 3 is 2.60 bits per heavy atom. The van der Waals surface area contributed by atoms with Crippen LogP contribution in [0.15, 0.2) is 53.9 Å². The fourth-order valence-electron chi connectivity index (χ4n) is 2.27. The number of rotatable bonds is 4. The summed E-state index contributed by atoms with van der Waals surface area (Å²) in [6.07, 6.45) is 0.